The summed E-state index contributed by atoms with van der Waals surface area (Å²) < 4.78 is 0.672. The molecule has 1 aliphatic rings. The van der Waals surface area contributed by atoms with Gasteiger partial charge in [-0.1, -0.05) is 6.07 Å². The lowest BCUT2D eigenvalue weighted by molar-refractivity contribution is 0.0463. The first-order valence-electron chi connectivity index (χ1n) is 6.56. The summed E-state index contributed by atoms with van der Waals surface area (Å²) in [7, 11) is 2.13. The third-order valence-corrected chi connectivity index (χ3v) is 4.60. The van der Waals surface area contributed by atoms with E-state index < -0.39 is 0 Å². The number of hydrogen-bond acceptors (Lipinski definition) is 4. The molecule has 0 bridgehead atoms. The van der Waals surface area contributed by atoms with Crippen molar-refractivity contribution in [2.45, 2.75) is 19.0 Å². The van der Waals surface area contributed by atoms with Crippen molar-refractivity contribution in [3.8, 4) is 5.75 Å². The zero-order valence-electron chi connectivity index (χ0n) is 11.4. The van der Waals surface area contributed by atoms with E-state index >= 15 is 0 Å². The molecule has 19 heavy (non-hydrogen) atoms. The zero-order chi connectivity index (χ0) is 14.0. The van der Waals surface area contributed by atoms with Gasteiger partial charge in [-0.15, -0.1) is 0 Å². The Labute approximate surface area is 122 Å². The lowest BCUT2D eigenvalue weighted by Crippen LogP contribution is -2.51. The van der Waals surface area contributed by atoms with Crippen LogP contribution in [0.5, 0.6) is 5.75 Å². The Morgan fingerprint density at radius 2 is 2.16 bits per heavy atom. The van der Waals surface area contributed by atoms with E-state index in [1.165, 1.54) is 0 Å². The molecular weight excluding hydrogens is 308 g/mol. The van der Waals surface area contributed by atoms with E-state index in [2.05, 4.69) is 39.7 Å². The number of rotatable bonds is 3. The Bertz CT molecular complexity index is 441. The largest absolute Gasteiger partial charge is 0.507 e. The number of hydrogen-bond donors (Lipinski definition) is 2. The Morgan fingerprint density at radius 1 is 1.42 bits per heavy atom. The number of piperazine rings is 1. The summed E-state index contributed by atoms with van der Waals surface area (Å²) in [4.78, 5) is 4.64. The third kappa shape index (κ3) is 3.28. The second kappa shape index (κ2) is 6.22. The lowest BCUT2D eigenvalue weighted by atomic mass is 10.0. The maximum atomic E-state index is 9.71. The molecule has 0 aliphatic carbocycles. The van der Waals surface area contributed by atoms with Crippen LogP contribution in [0.1, 0.15) is 18.5 Å². The van der Waals surface area contributed by atoms with Crippen LogP contribution >= 0.6 is 15.9 Å². The monoisotopic (exact) mass is 328 g/mol. The van der Waals surface area contributed by atoms with Crippen LogP contribution in [0.2, 0.25) is 0 Å². The highest BCUT2D eigenvalue weighted by Crippen LogP contribution is 2.30. The minimum atomic E-state index is -0.00644. The average molecular weight is 329 g/mol. The summed E-state index contributed by atoms with van der Waals surface area (Å²) in [6.07, 6.45) is 0. The van der Waals surface area contributed by atoms with E-state index in [-0.39, 0.29) is 18.4 Å². The summed E-state index contributed by atoms with van der Waals surface area (Å²) in [5.74, 6) is 0.229. The second-order valence-electron chi connectivity index (χ2n) is 5.23. The van der Waals surface area contributed by atoms with Gasteiger partial charge in [0, 0.05) is 25.7 Å². The van der Waals surface area contributed by atoms with Crippen molar-refractivity contribution in [2.75, 3.05) is 33.3 Å². The van der Waals surface area contributed by atoms with E-state index in [4.69, 9.17) is 0 Å². The van der Waals surface area contributed by atoms with Crippen LogP contribution in [0.3, 0.4) is 0 Å². The fraction of sp³-hybridized carbons (Fsp3) is 0.571. The summed E-state index contributed by atoms with van der Waals surface area (Å²) >= 11 is 3.33. The van der Waals surface area contributed by atoms with Crippen molar-refractivity contribution in [1.29, 1.82) is 0 Å². The van der Waals surface area contributed by atoms with Gasteiger partial charge in [-0.05, 0) is 47.6 Å². The fourth-order valence-corrected chi connectivity index (χ4v) is 2.92. The molecule has 5 heteroatoms. The first kappa shape index (κ1) is 14.8. The molecule has 2 atom stereocenters. The highest BCUT2D eigenvalue weighted by Gasteiger charge is 2.27. The third-order valence-electron chi connectivity index (χ3n) is 3.96. The molecule has 4 nitrogen and oxygen atoms in total. The molecule has 1 aromatic rings. The molecular formula is C14H21BrN2O2. The number of aliphatic hydroxyl groups is 1. The maximum absolute atomic E-state index is 9.71. The fourth-order valence-electron chi connectivity index (χ4n) is 2.52. The van der Waals surface area contributed by atoms with Crippen LogP contribution in [0.4, 0.5) is 0 Å². The quantitative estimate of drug-likeness (QED) is 0.888. The Balaban J connectivity index is 2.17. The van der Waals surface area contributed by atoms with Gasteiger partial charge < -0.3 is 15.1 Å². The zero-order valence-corrected chi connectivity index (χ0v) is 13.0. The lowest BCUT2D eigenvalue weighted by Gasteiger charge is -2.41. The number of phenolic OH excluding ortho intramolecular Hbond substituents is 1. The standard InChI is InChI=1S/C14H21BrN2O2/c1-10-8-17(6-5-16(10)2)13(9-18)11-3-4-14(19)12(15)7-11/h3-4,7,10,13,18-19H,5-6,8-9H2,1-2H3. The first-order chi connectivity index (χ1) is 9.02. The number of aliphatic hydroxyl groups excluding tert-OH is 1. The van der Waals surface area contributed by atoms with Crippen molar-refractivity contribution >= 4 is 15.9 Å². The van der Waals surface area contributed by atoms with Gasteiger partial charge >= 0.3 is 0 Å². The topological polar surface area (TPSA) is 46.9 Å². The van der Waals surface area contributed by atoms with E-state index in [1.54, 1.807) is 6.07 Å². The van der Waals surface area contributed by atoms with Crippen molar-refractivity contribution in [3.63, 3.8) is 0 Å². The van der Waals surface area contributed by atoms with Crippen LogP contribution < -0.4 is 0 Å². The molecule has 2 N–H and O–H groups in total. The molecule has 1 aliphatic heterocycles. The van der Waals surface area contributed by atoms with Crippen LogP contribution in [0.15, 0.2) is 22.7 Å². The van der Waals surface area contributed by atoms with Gasteiger partial charge in [-0.2, -0.15) is 0 Å². The minimum absolute atomic E-state index is 0.00644. The molecule has 1 aromatic carbocycles. The molecule has 0 spiro atoms. The van der Waals surface area contributed by atoms with Gasteiger partial charge in [0.2, 0.25) is 0 Å². The van der Waals surface area contributed by atoms with Crippen molar-refractivity contribution < 1.29 is 10.2 Å². The molecule has 1 fully saturated rings. The van der Waals surface area contributed by atoms with E-state index in [0.29, 0.717) is 10.5 Å². The number of halogens is 1. The van der Waals surface area contributed by atoms with Crippen LogP contribution in [0, 0.1) is 0 Å². The molecule has 0 aromatic heterocycles. The average Bonchev–Trinajstić information content (AvgIpc) is 2.39. The van der Waals surface area contributed by atoms with E-state index in [0.717, 1.165) is 25.2 Å². The van der Waals surface area contributed by atoms with Gasteiger partial charge in [-0.25, -0.2) is 0 Å². The molecule has 0 radical (unpaired) electrons. The van der Waals surface area contributed by atoms with Gasteiger partial charge in [-0.3, -0.25) is 4.90 Å². The summed E-state index contributed by atoms with van der Waals surface area (Å²) in [5.41, 5.74) is 1.03. The van der Waals surface area contributed by atoms with Crippen LogP contribution in [-0.4, -0.2) is 59.3 Å². The van der Waals surface area contributed by atoms with Gasteiger partial charge in [0.15, 0.2) is 0 Å². The van der Waals surface area contributed by atoms with Crippen molar-refractivity contribution in [2.24, 2.45) is 0 Å². The predicted molar refractivity (Wildman–Crippen MR) is 79.3 cm³/mol. The maximum Gasteiger partial charge on any atom is 0.129 e. The number of nitrogens with zero attached hydrogens (tertiary/aromatic N) is 2. The summed E-state index contributed by atoms with van der Waals surface area (Å²) in [6.45, 7) is 5.20. The van der Waals surface area contributed by atoms with Gasteiger partial charge in [0.05, 0.1) is 17.1 Å². The van der Waals surface area contributed by atoms with E-state index in [1.807, 2.05) is 12.1 Å². The van der Waals surface area contributed by atoms with Crippen molar-refractivity contribution in [1.82, 2.24) is 9.80 Å². The number of benzene rings is 1. The molecule has 0 amide bonds. The molecule has 1 saturated heterocycles. The van der Waals surface area contributed by atoms with Crippen LogP contribution in [0.25, 0.3) is 0 Å². The molecule has 2 rings (SSSR count). The van der Waals surface area contributed by atoms with Crippen LogP contribution in [-0.2, 0) is 0 Å². The first-order valence-corrected chi connectivity index (χ1v) is 7.35. The molecule has 106 valence electrons. The SMILES string of the molecule is CC1CN(C(CO)c2ccc(O)c(Br)c2)CCN1C. The molecule has 2 unspecified atom stereocenters. The predicted octanol–water partition coefficient (Wildman–Crippen LogP) is 1.82. The Morgan fingerprint density at radius 3 is 2.74 bits per heavy atom. The number of phenols is 1. The summed E-state index contributed by atoms with van der Waals surface area (Å²) in [6, 6.07) is 5.92. The Kier molecular flexibility index (Phi) is 4.84. The summed E-state index contributed by atoms with van der Waals surface area (Å²) in [5, 5.41) is 19.3. The van der Waals surface area contributed by atoms with E-state index in [9.17, 15) is 10.2 Å². The van der Waals surface area contributed by atoms with Crippen molar-refractivity contribution in [3.05, 3.63) is 28.2 Å². The molecule has 1 heterocycles. The molecule has 0 saturated carbocycles. The second-order valence-corrected chi connectivity index (χ2v) is 6.09. The minimum Gasteiger partial charge on any atom is -0.507 e. The normalized spacial score (nSPS) is 23.5. The number of likely N-dealkylation sites (N-methyl/N-ethyl adjacent to an activating group) is 1. The smallest absolute Gasteiger partial charge is 0.129 e. The highest BCUT2D eigenvalue weighted by atomic mass is 79.9. The van der Waals surface area contributed by atoms with Gasteiger partial charge in [0.25, 0.3) is 0 Å². The van der Waals surface area contributed by atoms with Gasteiger partial charge in [0.1, 0.15) is 5.75 Å². The number of aromatic hydroxyl groups is 1. The highest BCUT2D eigenvalue weighted by molar-refractivity contribution is 9.10. The Hall–Kier alpha value is -0.620.